The monoisotopic (exact) mass is 899 g/mol. The Bertz CT molecular complexity index is 1780. The molecule has 0 aliphatic carbocycles. The van der Waals surface area contributed by atoms with Crippen molar-refractivity contribution < 1.29 is 26.3 Å². The number of alkyl halides is 6. The van der Waals surface area contributed by atoms with Gasteiger partial charge >= 0.3 is 12.4 Å². The zero-order chi connectivity index (χ0) is 48.2. The van der Waals surface area contributed by atoms with Crippen LogP contribution in [-0.2, 0) is 12.4 Å². The molecule has 3 aromatic carbocycles. The van der Waals surface area contributed by atoms with Crippen molar-refractivity contribution in [2.75, 3.05) is 46.3 Å². The fourth-order valence-electron chi connectivity index (χ4n) is 7.80. The molecule has 3 aromatic rings. The van der Waals surface area contributed by atoms with Crippen LogP contribution >= 0.6 is 0 Å². The quantitative estimate of drug-likeness (QED) is 0.121. The zero-order valence-corrected chi connectivity index (χ0v) is 40.7. The molecule has 5 rings (SSSR count). The number of hydrogen-bond donors (Lipinski definition) is 1. The molecule has 2 heterocycles. The molecule has 0 bridgehead atoms. The van der Waals surface area contributed by atoms with E-state index in [9.17, 15) is 26.3 Å². The van der Waals surface area contributed by atoms with Crippen molar-refractivity contribution in [3.63, 3.8) is 0 Å². The molecule has 64 heavy (non-hydrogen) atoms. The van der Waals surface area contributed by atoms with Gasteiger partial charge in [0.15, 0.2) is 0 Å². The van der Waals surface area contributed by atoms with Gasteiger partial charge in [-0.05, 0) is 128 Å². The van der Waals surface area contributed by atoms with E-state index >= 15 is 0 Å². The highest BCUT2D eigenvalue weighted by Crippen LogP contribution is 2.39. The van der Waals surface area contributed by atoms with E-state index in [1.807, 2.05) is 32.9 Å². The van der Waals surface area contributed by atoms with Gasteiger partial charge in [0.1, 0.15) is 0 Å². The summed E-state index contributed by atoms with van der Waals surface area (Å²) in [4.78, 5) is 7.09. The predicted octanol–water partition coefficient (Wildman–Crippen LogP) is 14.2. The van der Waals surface area contributed by atoms with Gasteiger partial charge in [0, 0.05) is 56.3 Å². The maximum atomic E-state index is 12.9. The molecule has 2 aliphatic heterocycles. The molecular weight excluding hydrogens is 819 g/mol. The number of allylic oxidation sites excluding steroid dienone is 3. The summed E-state index contributed by atoms with van der Waals surface area (Å²) in [5.74, 6) is 1.21. The molecule has 0 aromatic heterocycles. The lowest BCUT2D eigenvalue weighted by molar-refractivity contribution is -0.139. The lowest BCUT2D eigenvalue weighted by atomic mass is 9.87. The average Bonchev–Trinajstić information content (AvgIpc) is 3.23. The summed E-state index contributed by atoms with van der Waals surface area (Å²) in [6.45, 7) is 34.5. The molecule has 1 N–H and O–H groups in total. The summed E-state index contributed by atoms with van der Waals surface area (Å²) in [6, 6.07) is 24.7. The SMILES string of the molecule is C=C/C=C\C(=C)C(C)CN(C)C(C)C.CC(C)N1CC(c2ccccc2C(F)(F)F)C1.CC(C)N1CCC(c2ccccc2)CC1.CCC(CNC(C)C)c1ccccc1C(F)(F)F. The molecule has 0 saturated carbocycles. The van der Waals surface area contributed by atoms with Gasteiger partial charge in [-0.1, -0.05) is 131 Å². The minimum Gasteiger partial charge on any atom is -0.314 e. The van der Waals surface area contributed by atoms with Crippen LogP contribution in [0.25, 0.3) is 0 Å². The van der Waals surface area contributed by atoms with Crippen molar-refractivity contribution in [1.29, 1.82) is 0 Å². The third-order valence-electron chi connectivity index (χ3n) is 12.4. The van der Waals surface area contributed by atoms with Gasteiger partial charge in [0.25, 0.3) is 0 Å². The third-order valence-corrected chi connectivity index (χ3v) is 12.4. The van der Waals surface area contributed by atoms with Gasteiger partial charge in [-0.2, -0.15) is 26.3 Å². The van der Waals surface area contributed by atoms with E-state index in [2.05, 4.69) is 119 Å². The van der Waals surface area contributed by atoms with Crippen molar-refractivity contribution in [1.82, 2.24) is 20.0 Å². The Morgan fingerprint density at radius 1 is 0.734 bits per heavy atom. The van der Waals surface area contributed by atoms with E-state index in [0.29, 0.717) is 48.1 Å². The Labute approximate surface area is 383 Å². The summed E-state index contributed by atoms with van der Waals surface area (Å²) in [5.41, 5.74) is 2.53. The second kappa shape index (κ2) is 27.7. The molecule has 0 radical (unpaired) electrons. The number of nitrogens with one attached hydrogen (secondary N) is 1. The predicted molar refractivity (Wildman–Crippen MR) is 259 cm³/mol. The van der Waals surface area contributed by atoms with Gasteiger partial charge in [-0.3, -0.25) is 4.90 Å². The van der Waals surface area contributed by atoms with Crippen molar-refractivity contribution in [3.05, 3.63) is 144 Å². The third kappa shape index (κ3) is 19.4. The largest absolute Gasteiger partial charge is 0.416 e. The van der Waals surface area contributed by atoms with Crippen molar-refractivity contribution in [2.24, 2.45) is 5.92 Å². The molecule has 0 amide bonds. The minimum atomic E-state index is -4.28. The van der Waals surface area contributed by atoms with E-state index in [0.717, 1.165) is 37.2 Å². The first-order chi connectivity index (χ1) is 30.0. The van der Waals surface area contributed by atoms with Gasteiger partial charge in [0.2, 0.25) is 0 Å². The number of halogens is 6. The van der Waals surface area contributed by atoms with Crippen LogP contribution in [0.4, 0.5) is 26.3 Å². The normalized spacial score (nSPS) is 16.5. The average molecular weight is 899 g/mol. The number of hydrogen-bond acceptors (Lipinski definition) is 4. The molecule has 2 aliphatic rings. The van der Waals surface area contributed by atoms with Crippen LogP contribution in [0.5, 0.6) is 0 Å². The summed E-state index contributed by atoms with van der Waals surface area (Å²) in [5, 5.41) is 3.21. The highest BCUT2D eigenvalue weighted by Gasteiger charge is 2.39. The number of likely N-dealkylation sites (tertiary alicyclic amines) is 2. The smallest absolute Gasteiger partial charge is 0.314 e. The van der Waals surface area contributed by atoms with Crippen molar-refractivity contribution in [2.45, 2.75) is 143 Å². The van der Waals surface area contributed by atoms with E-state index in [1.54, 1.807) is 30.3 Å². The molecule has 358 valence electrons. The molecule has 2 unspecified atom stereocenters. The Morgan fingerprint density at radius 3 is 1.73 bits per heavy atom. The van der Waals surface area contributed by atoms with E-state index in [1.165, 1.54) is 49.7 Å². The van der Waals surface area contributed by atoms with E-state index < -0.39 is 23.5 Å². The Kier molecular flexibility index (Phi) is 24.4. The number of nitrogens with zero attached hydrogens (tertiary/aromatic N) is 3. The van der Waals surface area contributed by atoms with Gasteiger partial charge < -0.3 is 15.1 Å². The van der Waals surface area contributed by atoms with Crippen LogP contribution in [0.1, 0.15) is 134 Å². The first-order valence-corrected chi connectivity index (χ1v) is 23.3. The van der Waals surface area contributed by atoms with Crippen LogP contribution in [0, 0.1) is 5.92 Å². The Balaban J connectivity index is 0.000000295. The topological polar surface area (TPSA) is 21.8 Å². The Hall–Kier alpha value is -3.70. The van der Waals surface area contributed by atoms with Crippen LogP contribution < -0.4 is 5.32 Å². The number of rotatable bonds is 15. The second-order valence-electron chi connectivity index (χ2n) is 18.5. The molecule has 4 nitrogen and oxygen atoms in total. The molecule has 10 heteroatoms. The van der Waals surface area contributed by atoms with E-state index in [-0.39, 0.29) is 17.9 Å². The lowest BCUT2D eigenvalue weighted by Gasteiger charge is -2.43. The first kappa shape index (κ1) is 56.4. The van der Waals surface area contributed by atoms with Crippen LogP contribution in [0.15, 0.2) is 116 Å². The number of benzene rings is 3. The van der Waals surface area contributed by atoms with Crippen molar-refractivity contribution >= 4 is 0 Å². The maximum absolute atomic E-state index is 12.9. The minimum absolute atomic E-state index is 0.0234. The van der Waals surface area contributed by atoms with Crippen molar-refractivity contribution in [3.8, 4) is 0 Å². The first-order valence-electron chi connectivity index (χ1n) is 23.3. The molecule has 2 fully saturated rings. The fraction of sp³-hybridized carbons (Fsp3) is 0.556. The van der Waals surface area contributed by atoms with Gasteiger partial charge in [-0.15, -0.1) is 0 Å². The number of piperidine rings is 1. The molecule has 0 spiro atoms. The van der Waals surface area contributed by atoms with Crippen LogP contribution in [-0.4, -0.2) is 85.2 Å². The highest BCUT2D eigenvalue weighted by molar-refractivity contribution is 5.35. The van der Waals surface area contributed by atoms with Crippen LogP contribution in [0.2, 0.25) is 0 Å². The highest BCUT2D eigenvalue weighted by atomic mass is 19.4. The molecule has 2 atom stereocenters. The molecule has 2 saturated heterocycles. The van der Waals surface area contributed by atoms with Crippen LogP contribution in [0.3, 0.4) is 0 Å². The lowest BCUT2D eigenvalue weighted by Crippen LogP contribution is -2.49. The van der Waals surface area contributed by atoms with Gasteiger partial charge in [-0.25, -0.2) is 0 Å². The Morgan fingerprint density at radius 2 is 1.25 bits per heavy atom. The zero-order valence-electron chi connectivity index (χ0n) is 40.7. The summed E-state index contributed by atoms with van der Waals surface area (Å²) >= 11 is 0. The fourth-order valence-corrected chi connectivity index (χ4v) is 7.80. The van der Waals surface area contributed by atoms with Gasteiger partial charge in [0.05, 0.1) is 11.1 Å². The summed E-state index contributed by atoms with van der Waals surface area (Å²) in [7, 11) is 2.14. The maximum Gasteiger partial charge on any atom is 0.416 e. The summed E-state index contributed by atoms with van der Waals surface area (Å²) < 4.78 is 77.2. The van der Waals surface area contributed by atoms with E-state index in [4.69, 9.17) is 0 Å². The molecular formula is C54H80F6N4. The summed E-state index contributed by atoms with van der Waals surface area (Å²) in [6.07, 6.45) is 0.567. The second-order valence-corrected chi connectivity index (χ2v) is 18.5. The standard InChI is InChI=1S/C14H20F3N.C14H21N.C13H16F3N.C13H23N/c1-4-11(9-18-10(2)3)12-7-5-6-8-13(12)14(15,16)17;1-12(2)15-10-8-14(9-11-15)13-6-4-3-5-7-13;1-9(2)17-7-10(8-17)11-5-3-4-6-12(11)13(14,15)16;1-7-8-9-12(4)13(5)10-14(6)11(2)3/h5-8,10-11,18H,4,9H2,1-3H3;3-7,12,14H,8-11H2,1-2H3;3-6,9-10H,7-8H2,1-2H3;7-9,11,13H,1,4,10H2,2-3,5-6H3/b;;;9-8-.